The van der Waals surface area contributed by atoms with Gasteiger partial charge < -0.3 is 4.57 Å². The van der Waals surface area contributed by atoms with Gasteiger partial charge in [-0.25, -0.2) is 10.4 Å². The van der Waals surface area contributed by atoms with Gasteiger partial charge in [0.2, 0.25) is 0 Å². The van der Waals surface area contributed by atoms with Gasteiger partial charge in [-0.15, -0.1) is 0 Å². The number of thioether (sulfide) groups is 1. The first-order valence-electron chi connectivity index (χ1n) is 9.25. The van der Waals surface area contributed by atoms with Crippen molar-refractivity contribution in [2.24, 2.45) is 5.10 Å². The largest absolute Gasteiger partial charge is 0.314 e. The van der Waals surface area contributed by atoms with Crippen LogP contribution in [0, 0.1) is 0 Å². The summed E-state index contributed by atoms with van der Waals surface area (Å²) < 4.78 is 2.08. The van der Waals surface area contributed by atoms with E-state index in [1.54, 1.807) is 6.20 Å². The minimum absolute atomic E-state index is 0.186. The lowest BCUT2D eigenvalue weighted by molar-refractivity contribution is -0.118. The molecule has 0 saturated heterocycles. The molecule has 0 radical (unpaired) electrons. The van der Waals surface area contributed by atoms with E-state index in [1.807, 2.05) is 66.7 Å². The average Bonchev–Trinajstić information content (AvgIpc) is 3.12. The van der Waals surface area contributed by atoms with E-state index in [9.17, 15) is 4.79 Å². The molecule has 2 aromatic carbocycles. The summed E-state index contributed by atoms with van der Waals surface area (Å²) in [7, 11) is 0. The lowest BCUT2D eigenvalue weighted by Gasteiger charge is -2.10. The van der Waals surface area contributed by atoms with E-state index in [2.05, 4.69) is 20.1 Å². The average molecular weight is 436 g/mol. The molecule has 1 amide bonds. The Labute approximate surface area is 183 Å². The molecule has 0 fully saturated rings. The van der Waals surface area contributed by atoms with Crippen LogP contribution in [0.3, 0.4) is 0 Å². The molecule has 8 heteroatoms. The molecule has 30 heavy (non-hydrogen) atoms. The van der Waals surface area contributed by atoms with Crippen LogP contribution in [-0.4, -0.2) is 32.4 Å². The maximum atomic E-state index is 12.2. The molecule has 0 aliphatic heterocycles. The van der Waals surface area contributed by atoms with E-state index in [-0.39, 0.29) is 11.7 Å². The number of pyridine rings is 1. The summed E-state index contributed by atoms with van der Waals surface area (Å²) in [4.78, 5) is 21.0. The van der Waals surface area contributed by atoms with E-state index in [4.69, 9.17) is 16.6 Å². The van der Waals surface area contributed by atoms with Crippen LogP contribution in [0.15, 0.2) is 83.2 Å². The quantitative estimate of drug-likeness (QED) is 0.266. The molecule has 150 valence electrons. The maximum Gasteiger partial charge on any atom is 0.250 e. The molecule has 0 aliphatic rings. The Morgan fingerprint density at radius 2 is 1.90 bits per heavy atom. The van der Waals surface area contributed by atoms with Crippen molar-refractivity contribution in [1.82, 2.24) is 20.0 Å². The summed E-state index contributed by atoms with van der Waals surface area (Å²) in [6.07, 6.45) is 3.18. The van der Waals surface area contributed by atoms with Crippen LogP contribution in [0.25, 0.3) is 11.0 Å². The fourth-order valence-corrected chi connectivity index (χ4v) is 3.90. The number of para-hydroxylation sites is 2. The number of carbonyl (C=O) groups is 1. The first-order valence-corrected chi connectivity index (χ1v) is 10.6. The van der Waals surface area contributed by atoms with Gasteiger partial charge in [-0.1, -0.05) is 59.8 Å². The molecule has 0 atom stereocenters. The fourth-order valence-electron chi connectivity index (χ4n) is 2.90. The summed E-state index contributed by atoms with van der Waals surface area (Å²) in [6.45, 7) is 0.571. The van der Waals surface area contributed by atoms with Crippen molar-refractivity contribution in [1.29, 1.82) is 0 Å². The Morgan fingerprint density at radius 3 is 2.73 bits per heavy atom. The van der Waals surface area contributed by atoms with Gasteiger partial charge >= 0.3 is 0 Å². The Bertz CT molecular complexity index is 1190. The second kappa shape index (κ2) is 9.56. The lowest BCUT2D eigenvalue weighted by atomic mass is 10.2. The van der Waals surface area contributed by atoms with Crippen LogP contribution < -0.4 is 5.43 Å². The second-order valence-electron chi connectivity index (χ2n) is 6.40. The summed E-state index contributed by atoms with van der Waals surface area (Å²) in [5.41, 5.74) is 6.06. The van der Waals surface area contributed by atoms with Crippen LogP contribution in [-0.2, 0) is 11.3 Å². The molecule has 2 heterocycles. The summed E-state index contributed by atoms with van der Waals surface area (Å²) in [6, 6.07) is 21.1. The summed E-state index contributed by atoms with van der Waals surface area (Å²) in [5.74, 6) is -0.0330. The number of fused-ring (bicyclic) bond motifs is 1. The van der Waals surface area contributed by atoms with Crippen molar-refractivity contribution >= 4 is 46.5 Å². The van der Waals surface area contributed by atoms with Gasteiger partial charge in [0.05, 0.1) is 35.2 Å². The minimum Gasteiger partial charge on any atom is -0.314 e. The smallest absolute Gasteiger partial charge is 0.250 e. The highest BCUT2D eigenvalue weighted by Crippen LogP contribution is 2.26. The Hall–Kier alpha value is -3.16. The number of hydrazone groups is 1. The standard InChI is InChI=1S/C22H18ClN5OS/c23-18-9-2-1-7-16(18)14-28-20-11-4-3-10-19(20)26-22(28)30-15-21(29)27-25-13-17-8-5-6-12-24-17/h1-13H,14-15H2,(H,27,29)/b25-13+. The first kappa shape index (κ1) is 20.1. The minimum atomic E-state index is -0.219. The molecule has 0 unspecified atom stereocenters. The number of hydrogen-bond donors (Lipinski definition) is 1. The SMILES string of the molecule is O=C(CSc1nc2ccccc2n1Cc1ccccc1Cl)N/N=C/c1ccccn1. The van der Waals surface area contributed by atoms with E-state index in [0.29, 0.717) is 17.3 Å². The van der Waals surface area contributed by atoms with Crippen molar-refractivity contribution in [3.05, 3.63) is 89.2 Å². The number of halogens is 1. The molecule has 0 spiro atoms. The molecule has 0 bridgehead atoms. The number of nitrogens with one attached hydrogen (secondary N) is 1. The van der Waals surface area contributed by atoms with Crippen LogP contribution in [0.4, 0.5) is 0 Å². The zero-order chi connectivity index (χ0) is 20.8. The summed E-state index contributed by atoms with van der Waals surface area (Å²) >= 11 is 7.71. The third-order valence-electron chi connectivity index (χ3n) is 4.31. The molecule has 4 rings (SSSR count). The topological polar surface area (TPSA) is 72.2 Å². The molecular formula is C22H18ClN5OS. The highest BCUT2D eigenvalue weighted by atomic mass is 35.5. The maximum absolute atomic E-state index is 12.2. The number of benzene rings is 2. The third-order valence-corrected chi connectivity index (χ3v) is 5.66. The first-order chi connectivity index (χ1) is 14.7. The zero-order valence-electron chi connectivity index (χ0n) is 15.9. The van der Waals surface area contributed by atoms with Gasteiger partial charge in [-0.3, -0.25) is 9.78 Å². The molecule has 0 aliphatic carbocycles. The molecule has 4 aromatic rings. The number of rotatable bonds is 7. The molecule has 6 nitrogen and oxygen atoms in total. The highest BCUT2D eigenvalue weighted by molar-refractivity contribution is 7.99. The van der Waals surface area contributed by atoms with Crippen molar-refractivity contribution in [3.63, 3.8) is 0 Å². The number of amides is 1. The number of hydrogen-bond acceptors (Lipinski definition) is 5. The number of aromatic nitrogens is 3. The van der Waals surface area contributed by atoms with Gasteiger partial charge in [0.25, 0.3) is 5.91 Å². The Balaban J connectivity index is 1.47. The van der Waals surface area contributed by atoms with Crippen molar-refractivity contribution in [3.8, 4) is 0 Å². The van der Waals surface area contributed by atoms with Crippen molar-refractivity contribution < 1.29 is 4.79 Å². The zero-order valence-corrected chi connectivity index (χ0v) is 17.5. The van der Waals surface area contributed by atoms with Gasteiger partial charge in [0, 0.05) is 11.2 Å². The molecule has 2 aromatic heterocycles. The van der Waals surface area contributed by atoms with Crippen molar-refractivity contribution in [2.75, 3.05) is 5.75 Å². The third kappa shape index (κ3) is 4.87. The van der Waals surface area contributed by atoms with Crippen LogP contribution >= 0.6 is 23.4 Å². The van der Waals surface area contributed by atoms with E-state index in [1.165, 1.54) is 18.0 Å². The van der Waals surface area contributed by atoms with Crippen LogP contribution in [0.1, 0.15) is 11.3 Å². The normalized spacial score (nSPS) is 11.2. The Kier molecular flexibility index (Phi) is 6.41. The van der Waals surface area contributed by atoms with Crippen molar-refractivity contribution in [2.45, 2.75) is 11.7 Å². The predicted molar refractivity (Wildman–Crippen MR) is 121 cm³/mol. The monoisotopic (exact) mass is 435 g/mol. The van der Waals surface area contributed by atoms with E-state index >= 15 is 0 Å². The number of nitrogens with zero attached hydrogens (tertiary/aromatic N) is 4. The molecular weight excluding hydrogens is 418 g/mol. The summed E-state index contributed by atoms with van der Waals surface area (Å²) in [5, 5.41) is 5.40. The second-order valence-corrected chi connectivity index (χ2v) is 7.75. The van der Waals surface area contributed by atoms with Gasteiger partial charge in [-0.05, 0) is 35.9 Å². The highest BCUT2D eigenvalue weighted by Gasteiger charge is 2.14. The van der Waals surface area contributed by atoms with Gasteiger partial charge in [0.15, 0.2) is 5.16 Å². The molecule has 1 N–H and O–H groups in total. The fraction of sp³-hybridized carbons (Fsp3) is 0.0909. The lowest BCUT2D eigenvalue weighted by Crippen LogP contribution is -2.20. The van der Waals surface area contributed by atoms with Crippen LogP contribution in [0.2, 0.25) is 5.02 Å². The van der Waals surface area contributed by atoms with Crippen LogP contribution in [0.5, 0.6) is 0 Å². The van der Waals surface area contributed by atoms with Gasteiger partial charge in [0.1, 0.15) is 0 Å². The number of carbonyl (C=O) groups excluding carboxylic acids is 1. The van der Waals surface area contributed by atoms with E-state index in [0.717, 1.165) is 21.8 Å². The molecule has 0 saturated carbocycles. The number of imidazole rings is 1. The van der Waals surface area contributed by atoms with Gasteiger partial charge in [-0.2, -0.15) is 5.10 Å². The van der Waals surface area contributed by atoms with E-state index < -0.39 is 0 Å². The predicted octanol–water partition coefficient (Wildman–Crippen LogP) is 4.38. The Morgan fingerprint density at radius 1 is 1.10 bits per heavy atom.